The minimum atomic E-state index is 0.557. The first-order valence-electron chi connectivity index (χ1n) is 5.58. The highest BCUT2D eigenvalue weighted by molar-refractivity contribution is 6.29. The number of hydrogen-bond acceptors (Lipinski definition) is 4. The third kappa shape index (κ3) is 2.84. The van der Waals surface area contributed by atoms with E-state index in [1.165, 1.54) is 0 Å². The van der Waals surface area contributed by atoms with Crippen molar-refractivity contribution in [3.05, 3.63) is 23.5 Å². The number of nitrogens with two attached hydrogens (primary N) is 1. The molecule has 0 amide bonds. The second-order valence-corrected chi connectivity index (χ2v) is 4.34. The van der Waals surface area contributed by atoms with Gasteiger partial charge >= 0.3 is 0 Å². The Labute approximate surface area is 101 Å². The largest absolute Gasteiger partial charge is 0.369 e. The first-order valence-corrected chi connectivity index (χ1v) is 5.96. The van der Waals surface area contributed by atoms with E-state index in [0.717, 1.165) is 45.0 Å². The molecule has 1 saturated heterocycles. The van der Waals surface area contributed by atoms with Gasteiger partial charge in [-0.3, -0.25) is 4.90 Å². The van der Waals surface area contributed by atoms with Gasteiger partial charge in [0.1, 0.15) is 5.15 Å². The monoisotopic (exact) mass is 240 g/mol. The van der Waals surface area contributed by atoms with Crippen LogP contribution in [0.3, 0.4) is 0 Å². The van der Waals surface area contributed by atoms with E-state index in [1.54, 1.807) is 6.20 Å². The van der Waals surface area contributed by atoms with Crippen LogP contribution < -0.4 is 10.6 Å². The molecule has 1 fully saturated rings. The Morgan fingerprint density at radius 1 is 1.31 bits per heavy atom. The highest BCUT2D eigenvalue weighted by atomic mass is 35.5. The molecule has 0 spiro atoms. The number of pyridine rings is 1. The summed E-state index contributed by atoms with van der Waals surface area (Å²) in [5, 5.41) is 0.557. The third-order valence-corrected chi connectivity index (χ3v) is 3.10. The van der Waals surface area contributed by atoms with Crippen LogP contribution in [-0.4, -0.2) is 49.2 Å². The number of hydrogen-bond donors (Lipinski definition) is 1. The number of piperazine rings is 1. The SMILES string of the molecule is NCCN1CCN(c2ccnc(Cl)c2)CC1. The molecular formula is C11H17ClN4. The molecule has 0 radical (unpaired) electrons. The van der Waals surface area contributed by atoms with Crippen LogP contribution in [0.25, 0.3) is 0 Å². The lowest BCUT2D eigenvalue weighted by Crippen LogP contribution is -2.47. The van der Waals surface area contributed by atoms with Gasteiger partial charge in [0.05, 0.1) is 0 Å². The average molecular weight is 241 g/mol. The zero-order valence-corrected chi connectivity index (χ0v) is 10.0. The molecule has 2 N–H and O–H groups in total. The second-order valence-electron chi connectivity index (χ2n) is 3.95. The Bertz CT molecular complexity index is 337. The van der Waals surface area contributed by atoms with Crippen LogP contribution in [0.5, 0.6) is 0 Å². The lowest BCUT2D eigenvalue weighted by atomic mass is 10.2. The van der Waals surface area contributed by atoms with Crippen LogP contribution >= 0.6 is 11.6 Å². The summed E-state index contributed by atoms with van der Waals surface area (Å²) >= 11 is 5.88. The Morgan fingerprint density at radius 2 is 2.06 bits per heavy atom. The highest BCUT2D eigenvalue weighted by Gasteiger charge is 2.16. The zero-order chi connectivity index (χ0) is 11.4. The van der Waals surface area contributed by atoms with Gasteiger partial charge < -0.3 is 10.6 Å². The molecule has 0 unspecified atom stereocenters. The number of aromatic nitrogens is 1. The maximum absolute atomic E-state index is 5.88. The van der Waals surface area contributed by atoms with E-state index in [1.807, 2.05) is 12.1 Å². The molecule has 0 bridgehead atoms. The average Bonchev–Trinajstić information content (AvgIpc) is 2.30. The van der Waals surface area contributed by atoms with Crippen molar-refractivity contribution < 1.29 is 0 Å². The van der Waals surface area contributed by atoms with Crippen LogP contribution in [-0.2, 0) is 0 Å². The summed E-state index contributed by atoms with van der Waals surface area (Å²) < 4.78 is 0. The lowest BCUT2D eigenvalue weighted by molar-refractivity contribution is 0.265. The van der Waals surface area contributed by atoms with Gasteiger partial charge in [-0.25, -0.2) is 4.98 Å². The van der Waals surface area contributed by atoms with Crippen LogP contribution in [0.1, 0.15) is 0 Å². The Balaban J connectivity index is 1.94. The zero-order valence-electron chi connectivity index (χ0n) is 9.27. The summed E-state index contributed by atoms with van der Waals surface area (Å²) in [6, 6.07) is 3.92. The lowest BCUT2D eigenvalue weighted by Gasteiger charge is -2.35. The van der Waals surface area contributed by atoms with Crippen molar-refractivity contribution >= 4 is 17.3 Å². The number of rotatable bonds is 3. The molecule has 1 aromatic rings. The van der Waals surface area contributed by atoms with Gasteiger partial charge in [-0.2, -0.15) is 0 Å². The molecule has 5 heteroatoms. The molecular weight excluding hydrogens is 224 g/mol. The molecule has 1 aliphatic heterocycles. The number of halogens is 1. The molecule has 16 heavy (non-hydrogen) atoms. The van der Waals surface area contributed by atoms with E-state index in [4.69, 9.17) is 17.3 Å². The Hall–Kier alpha value is -0.840. The fourth-order valence-corrected chi connectivity index (χ4v) is 2.17. The fourth-order valence-electron chi connectivity index (χ4n) is 2.00. The van der Waals surface area contributed by atoms with Crippen LogP contribution in [0.15, 0.2) is 18.3 Å². The van der Waals surface area contributed by atoms with Gasteiger partial charge in [0.25, 0.3) is 0 Å². The maximum atomic E-state index is 5.88. The molecule has 4 nitrogen and oxygen atoms in total. The van der Waals surface area contributed by atoms with Gasteiger partial charge in [0.15, 0.2) is 0 Å². The van der Waals surface area contributed by atoms with Crippen molar-refractivity contribution in [2.24, 2.45) is 5.73 Å². The predicted molar refractivity (Wildman–Crippen MR) is 67.0 cm³/mol. The predicted octanol–water partition coefficient (Wildman–Crippen LogP) is 0.816. The van der Waals surface area contributed by atoms with E-state index in [0.29, 0.717) is 5.15 Å². The number of anilines is 1. The molecule has 2 heterocycles. The van der Waals surface area contributed by atoms with Crippen LogP contribution in [0.2, 0.25) is 5.15 Å². The normalized spacial score (nSPS) is 17.8. The van der Waals surface area contributed by atoms with Crippen molar-refractivity contribution in [3.8, 4) is 0 Å². The summed E-state index contributed by atoms with van der Waals surface area (Å²) in [5.41, 5.74) is 6.70. The molecule has 0 aromatic carbocycles. The smallest absolute Gasteiger partial charge is 0.131 e. The fraction of sp³-hybridized carbons (Fsp3) is 0.545. The minimum absolute atomic E-state index is 0.557. The van der Waals surface area contributed by atoms with Gasteiger partial charge in [-0.1, -0.05) is 11.6 Å². The highest BCUT2D eigenvalue weighted by Crippen LogP contribution is 2.18. The Morgan fingerprint density at radius 3 is 2.69 bits per heavy atom. The van der Waals surface area contributed by atoms with Crippen LogP contribution in [0.4, 0.5) is 5.69 Å². The summed E-state index contributed by atoms with van der Waals surface area (Å²) in [4.78, 5) is 8.71. The van der Waals surface area contributed by atoms with E-state index in [9.17, 15) is 0 Å². The molecule has 1 aromatic heterocycles. The minimum Gasteiger partial charge on any atom is -0.369 e. The summed E-state index contributed by atoms with van der Waals surface area (Å²) in [6.07, 6.45) is 1.75. The van der Waals surface area contributed by atoms with Crippen molar-refractivity contribution in [1.29, 1.82) is 0 Å². The first-order chi connectivity index (χ1) is 7.79. The van der Waals surface area contributed by atoms with Gasteiger partial charge in [0, 0.05) is 51.2 Å². The number of nitrogens with zero attached hydrogens (tertiary/aromatic N) is 3. The van der Waals surface area contributed by atoms with Crippen molar-refractivity contribution in [1.82, 2.24) is 9.88 Å². The van der Waals surface area contributed by atoms with Crippen LogP contribution in [0, 0.1) is 0 Å². The van der Waals surface area contributed by atoms with E-state index >= 15 is 0 Å². The van der Waals surface area contributed by atoms with E-state index < -0.39 is 0 Å². The van der Waals surface area contributed by atoms with E-state index in [2.05, 4.69) is 14.8 Å². The molecule has 0 aliphatic carbocycles. The standard InChI is InChI=1S/C11H17ClN4/c12-11-9-10(1-3-14-11)16-7-5-15(4-2-13)6-8-16/h1,3,9H,2,4-8,13H2. The van der Waals surface area contributed by atoms with E-state index in [-0.39, 0.29) is 0 Å². The van der Waals surface area contributed by atoms with Crippen molar-refractivity contribution in [2.45, 2.75) is 0 Å². The molecule has 0 atom stereocenters. The second kappa shape index (κ2) is 5.48. The molecule has 2 rings (SSSR count). The van der Waals surface area contributed by atoms with Crippen molar-refractivity contribution in [2.75, 3.05) is 44.2 Å². The molecule has 0 saturated carbocycles. The Kier molecular flexibility index (Phi) is 3.98. The van der Waals surface area contributed by atoms with Crippen molar-refractivity contribution in [3.63, 3.8) is 0 Å². The summed E-state index contributed by atoms with van der Waals surface area (Å²) in [5.74, 6) is 0. The van der Waals surface area contributed by atoms with Gasteiger partial charge in [0.2, 0.25) is 0 Å². The molecule has 1 aliphatic rings. The van der Waals surface area contributed by atoms with Gasteiger partial charge in [-0.05, 0) is 12.1 Å². The third-order valence-electron chi connectivity index (χ3n) is 2.89. The molecule has 88 valence electrons. The summed E-state index contributed by atoms with van der Waals surface area (Å²) in [6.45, 7) is 5.92. The quantitative estimate of drug-likeness (QED) is 0.795. The maximum Gasteiger partial charge on any atom is 0.131 e. The first kappa shape index (κ1) is 11.6. The summed E-state index contributed by atoms with van der Waals surface area (Å²) in [7, 11) is 0. The van der Waals surface area contributed by atoms with Gasteiger partial charge in [-0.15, -0.1) is 0 Å². The topological polar surface area (TPSA) is 45.4 Å².